The van der Waals surface area contributed by atoms with Crippen LogP contribution in [0.3, 0.4) is 0 Å². The minimum absolute atomic E-state index is 0.375. The summed E-state index contributed by atoms with van der Waals surface area (Å²) in [4.78, 5) is 0. The highest BCUT2D eigenvalue weighted by molar-refractivity contribution is 9.10. The van der Waals surface area contributed by atoms with Crippen LogP contribution in [0, 0.1) is 0 Å². The average Bonchev–Trinajstić information content (AvgIpc) is 2.89. The minimum Gasteiger partial charge on any atom is -0.389 e. The molecular formula is C15H22BrNO2. The summed E-state index contributed by atoms with van der Waals surface area (Å²) < 4.78 is 6.77. The van der Waals surface area contributed by atoms with Gasteiger partial charge in [-0.3, -0.25) is 0 Å². The van der Waals surface area contributed by atoms with Crippen molar-refractivity contribution in [3.05, 3.63) is 34.3 Å². The van der Waals surface area contributed by atoms with Gasteiger partial charge in [0.2, 0.25) is 0 Å². The van der Waals surface area contributed by atoms with Gasteiger partial charge in [0.1, 0.15) is 0 Å². The lowest BCUT2D eigenvalue weighted by atomic mass is 10.2. The summed E-state index contributed by atoms with van der Waals surface area (Å²) >= 11 is 3.45. The molecule has 19 heavy (non-hydrogen) atoms. The number of aliphatic hydroxyl groups is 1. The Kier molecular flexibility index (Phi) is 6.31. The van der Waals surface area contributed by atoms with E-state index in [-0.39, 0.29) is 0 Å². The van der Waals surface area contributed by atoms with E-state index in [1.54, 1.807) is 0 Å². The van der Waals surface area contributed by atoms with Gasteiger partial charge in [0.15, 0.2) is 0 Å². The maximum Gasteiger partial charge on any atom is 0.0897 e. The van der Waals surface area contributed by atoms with Crippen LogP contribution < -0.4 is 5.32 Å². The average molecular weight is 328 g/mol. The van der Waals surface area contributed by atoms with Crippen molar-refractivity contribution in [1.82, 2.24) is 5.32 Å². The molecule has 0 amide bonds. The van der Waals surface area contributed by atoms with E-state index in [1.165, 1.54) is 18.4 Å². The van der Waals surface area contributed by atoms with E-state index in [9.17, 15) is 5.11 Å². The maximum absolute atomic E-state index is 9.85. The van der Waals surface area contributed by atoms with Gasteiger partial charge in [-0.2, -0.15) is 0 Å². The minimum atomic E-state index is -0.423. The summed E-state index contributed by atoms with van der Waals surface area (Å²) in [5.41, 5.74) is 1.21. The summed E-state index contributed by atoms with van der Waals surface area (Å²) in [7, 11) is 0. The standard InChI is InChI=1S/C15H22BrNO2/c16-13-5-3-4-12(8-13)9-17-10-14(18)11-19-15-6-1-2-7-15/h3-5,8,14-15,17-18H,1-2,6-7,9-11H2. The third kappa shape index (κ3) is 5.61. The number of benzene rings is 1. The number of aliphatic hydroxyl groups excluding tert-OH is 1. The lowest BCUT2D eigenvalue weighted by Crippen LogP contribution is -2.31. The molecule has 1 aromatic carbocycles. The molecule has 1 aromatic rings. The number of hydrogen-bond acceptors (Lipinski definition) is 3. The summed E-state index contributed by atoms with van der Waals surface area (Å²) in [5, 5.41) is 13.1. The van der Waals surface area contributed by atoms with Crippen molar-refractivity contribution >= 4 is 15.9 Å². The number of ether oxygens (including phenoxy) is 1. The van der Waals surface area contributed by atoms with Crippen LogP contribution in [0.4, 0.5) is 0 Å². The van der Waals surface area contributed by atoms with Gasteiger partial charge < -0.3 is 15.2 Å². The second kappa shape index (κ2) is 8.00. The highest BCUT2D eigenvalue weighted by Crippen LogP contribution is 2.20. The number of hydrogen-bond donors (Lipinski definition) is 2. The lowest BCUT2D eigenvalue weighted by molar-refractivity contribution is -0.00549. The Morgan fingerprint density at radius 3 is 2.89 bits per heavy atom. The molecule has 1 unspecified atom stereocenters. The van der Waals surface area contributed by atoms with Crippen molar-refractivity contribution in [3.63, 3.8) is 0 Å². The zero-order chi connectivity index (χ0) is 13.5. The second-order valence-corrected chi connectivity index (χ2v) is 6.07. The molecule has 0 aromatic heterocycles. The zero-order valence-corrected chi connectivity index (χ0v) is 12.7. The van der Waals surface area contributed by atoms with Gasteiger partial charge in [0, 0.05) is 17.6 Å². The molecule has 3 nitrogen and oxygen atoms in total. The predicted octanol–water partition coefficient (Wildman–Crippen LogP) is 2.86. The van der Waals surface area contributed by atoms with Crippen molar-refractivity contribution in [3.8, 4) is 0 Å². The Hall–Kier alpha value is -0.420. The maximum atomic E-state index is 9.85. The topological polar surface area (TPSA) is 41.5 Å². The fourth-order valence-corrected chi connectivity index (χ4v) is 2.84. The molecule has 4 heteroatoms. The molecule has 0 spiro atoms. The Bertz CT molecular complexity index is 380. The first-order chi connectivity index (χ1) is 9.24. The van der Waals surface area contributed by atoms with Crippen LogP contribution >= 0.6 is 15.9 Å². The molecule has 106 valence electrons. The predicted molar refractivity (Wildman–Crippen MR) is 80.1 cm³/mol. The summed E-state index contributed by atoms with van der Waals surface area (Å²) in [6.07, 6.45) is 4.78. The summed E-state index contributed by atoms with van der Waals surface area (Å²) in [6, 6.07) is 8.17. The van der Waals surface area contributed by atoms with Gasteiger partial charge in [-0.1, -0.05) is 40.9 Å². The van der Waals surface area contributed by atoms with E-state index < -0.39 is 6.10 Å². The number of halogens is 1. The Morgan fingerprint density at radius 2 is 2.16 bits per heavy atom. The van der Waals surface area contributed by atoms with E-state index >= 15 is 0 Å². The molecule has 2 N–H and O–H groups in total. The molecule has 1 saturated carbocycles. The van der Waals surface area contributed by atoms with Crippen molar-refractivity contribution in [2.75, 3.05) is 13.2 Å². The molecular weight excluding hydrogens is 306 g/mol. The molecule has 1 aliphatic rings. The Balaban J connectivity index is 1.59. The van der Waals surface area contributed by atoms with Crippen molar-refractivity contribution in [1.29, 1.82) is 0 Å². The van der Waals surface area contributed by atoms with Gasteiger partial charge in [0.25, 0.3) is 0 Å². The fourth-order valence-electron chi connectivity index (χ4n) is 2.39. The van der Waals surface area contributed by atoms with E-state index in [1.807, 2.05) is 12.1 Å². The van der Waals surface area contributed by atoms with Gasteiger partial charge in [0.05, 0.1) is 18.8 Å². The van der Waals surface area contributed by atoms with Crippen LogP contribution in [0.15, 0.2) is 28.7 Å². The van der Waals surface area contributed by atoms with Crippen LogP contribution in [-0.4, -0.2) is 30.5 Å². The molecule has 0 heterocycles. The second-order valence-electron chi connectivity index (χ2n) is 5.15. The van der Waals surface area contributed by atoms with E-state index in [4.69, 9.17) is 4.74 Å². The van der Waals surface area contributed by atoms with Crippen LogP contribution in [-0.2, 0) is 11.3 Å². The molecule has 2 rings (SSSR count). The van der Waals surface area contributed by atoms with Gasteiger partial charge in [-0.25, -0.2) is 0 Å². The van der Waals surface area contributed by atoms with Crippen molar-refractivity contribution in [2.24, 2.45) is 0 Å². The smallest absolute Gasteiger partial charge is 0.0897 e. The van der Waals surface area contributed by atoms with E-state index in [0.29, 0.717) is 19.3 Å². The Morgan fingerprint density at radius 1 is 1.37 bits per heavy atom. The number of rotatable bonds is 7. The quantitative estimate of drug-likeness (QED) is 0.809. The first-order valence-corrected chi connectivity index (χ1v) is 7.78. The van der Waals surface area contributed by atoms with Crippen molar-refractivity contribution < 1.29 is 9.84 Å². The van der Waals surface area contributed by atoms with E-state index in [2.05, 4.69) is 33.4 Å². The summed E-state index contributed by atoms with van der Waals surface area (Å²) in [5.74, 6) is 0. The molecule has 1 fully saturated rings. The third-order valence-corrected chi connectivity index (χ3v) is 3.92. The van der Waals surface area contributed by atoms with E-state index in [0.717, 1.165) is 23.9 Å². The molecule has 0 saturated heterocycles. The molecule has 0 bridgehead atoms. The Labute approximate surface area is 123 Å². The molecule has 0 radical (unpaired) electrons. The monoisotopic (exact) mass is 327 g/mol. The van der Waals surface area contributed by atoms with Crippen molar-refractivity contribution in [2.45, 2.75) is 44.4 Å². The first kappa shape index (κ1) is 15.0. The molecule has 1 aliphatic carbocycles. The van der Waals surface area contributed by atoms with Gasteiger partial charge >= 0.3 is 0 Å². The third-order valence-electron chi connectivity index (χ3n) is 3.42. The van der Waals surface area contributed by atoms with Crippen LogP contribution in [0.1, 0.15) is 31.2 Å². The largest absolute Gasteiger partial charge is 0.389 e. The fraction of sp³-hybridized carbons (Fsp3) is 0.600. The van der Waals surface area contributed by atoms with Gasteiger partial charge in [-0.05, 0) is 30.5 Å². The summed E-state index contributed by atoms with van der Waals surface area (Å²) in [6.45, 7) is 1.77. The molecule has 1 atom stereocenters. The highest BCUT2D eigenvalue weighted by Gasteiger charge is 2.16. The van der Waals surface area contributed by atoms with Gasteiger partial charge in [-0.15, -0.1) is 0 Å². The first-order valence-electron chi connectivity index (χ1n) is 6.99. The van der Waals surface area contributed by atoms with Crippen LogP contribution in [0.2, 0.25) is 0 Å². The highest BCUT2D eigenvalue weighted by atomic mass is 79.9. The number of nitrogens with one attached hydrogen (secondary N) is 1. The lowest BCUT2D eigenvalue weighted by Gasteiger charge is -2.16. The molecule has 0 aliphatic heterocycles. The van der Waals surface area contributed by atoms with Crippen LogP contribution in [0.25, 0.3) is 0 Å². The zero-order valence-electron chi connectivity index (χ0n) is 11.1. The van der Waals surface area contributed by atoms with Crippen LogP contribution in [0.5, 0.6) is 0 Å². The SMILES string of the molecule is OC(CNCc1cccc(Br)c1)COC1CCCC1. The normalized spacial score (nSPS) is 17.8.